The molecule has 0 aliphatic rings. The third kappa shape index (κ3) is 4.11. The van der Waals surface area contributed by atoms with Gasteiger partial charge in [0.1, 0.15) is 0 Å². The van der Waals surface area contributed by atoms with E-state index in [1.165, 1.54) is 11.1 Å². The lowest BCUT2D eigenvalue weighted by atomic mass is 10.1. The number of carbonyl (C=O) groups is 1. The molecule has 0 atom stereocenters. The van der Waals surface area contributed by atoms with E-state index in [0.717, 1.165) is 22.3 Å². The molecule has 4 rings (SSSR count). The van der Waals surface area contributed by atoms with Crippen LogP contribution in [0.3, 0.4) is 0 Å². The Morgan fingerprint density at radius 2 is 1.55 bits per heavy atom. The molecule has 144 valence electrons. The minimum atomic E-state index is -0.161. The number of nitrogens with zero attached hydrogens (tertiary/aromatic N) is 1. The molecule has 0 saturated carbocycles. The van der Waals surface area contributed by atoms with Crippen molar-refractivity contribution in [1.29, 1.82) is 0 Å². The van der Waals surface area contributed by atoms with Crippen molar-refractivity contribution in [3.63, 3.8) is 0 Å². The first kappa shape index (κ1) is 18.7. The van der Waals surface area contributed by atoms with Gasteiger partial charge in [0.25, 0.3) is 5.91 Å². The molecule has 4 nitrogen and oxygen atoms in total. The van der Waals surface area contributed by atoms with Crippen LogP contribution in [0.1, 0.15) is 27.2 Å². The van der Waals surface area contributed by atoms with E-state index in [2.05, 4.69) is 34.7 Å². The molecule has 29 heavy (non-hydrogen) atoms. The second kappa shape index (κ2) is 8.15. The summed E-state index contributed by atoms with van der Waals surface area (Å²) in [4.78, 5) is 17.6. The maximum Gasteiger partial charge on any atom is 0.257 e. The average Bonchev–Trinajstić information content (AvgIpc) is 2.73. The first-order chi connectivity index (χ1) is 14.1. The normalized spacial score (nSPS) is 10.7. The molecule has 3 aromatic carbocycles. The van der Waals surface area contributed by atoms with Gasteiger partial charge in [0.15, 0.2) is 0 Å². The maximum absolute atomic E-state index is 13.0. The minimum absolute atomic E-state index is 0.161. The van der Waals surface area contributed by atoms with Crippen molar-refractivity contribution in [2.45, 2.75) is 20.4 Å². The van der Waals surface area contributed by atoms with Gasteiger partial charge in [-0.15, -0.1) is 0 Å². The van der Waals surface area contributed by atoms with Crippen LogP contribution in [0.4, 0.5) is 11.4 Å². The molecular formula is C25H23N3O. The minimum Gasteiger partial charge on any atom is -0.379 e. The molecule has 2 N–H and O–H groups in total. The second-order valence-corrected chi connectivity index (χ2v) is 7.09. The van der Waals surface area contributed by atoms with E-state index in [1.54, 1.807) is 0 Å². The average molecular weight is 381 g/mol. The van der Waals surface area contributed by atoms with Crippen LogP contribution in [0, 0.1) is 13.8 Å². The van der Waals surface area contributed by atoms with Gasteiger partial charge in [-0.1, -0.05) is 54.6 Å². The van der Waals surface area contributed by atoms with Crippen LogP contribution in [0.5, 0.6) is 0 Å². The van der Waals surface area contributed by atoms with Crippen LogP contribution in [-0.4, -0.2) is 10.9 Å². The highest BCUT2D eigenvalue weighted by Gasteiger charge is 2.13. The Morgan fingerprint density at radius 1 is 0.862 bits per heavy atom. The zero-order valence-corrected chi connectivity index (χ0v) is 16.6. The summed E-state index contributed by atoms with van der Waals surface area (Å²) in [5.74, 6) is -0.161. The Morgan fingerprint density at radius 3 is 2.38 bits per heavy atom. The smallest absolute Gasteiger partial charge is 0.257 e. The fourth-order valence-electron chi connectivity index (χ4n) is 3.38. The number of rotatable bonds is 5. The van der Waals surface area contributed by atoms with Crippen LogP contribution < -0.4 is 10.6 Å². The molecular weight excluding hydrogens is 358 g/mol. The van der Waals surface area contributed by atoms with Crippen molar-refractivity contribution < 1.29 is 4.79 Å². The van der Waals surface area contributed by atoms with Gasteiger partial charge in [-0.2, -0.15) is 0 Å². The quantitative estimate of drug-likeness (QED) is 0.465. The summed E-state index contributed by atoms with van der Waals surface area (Å²) >= 11 is 0. The topological polar surface area (TPSA) is 54.0 Å². The van der Waals surface area contributed by atoms with Gasteiger partial charge >= 0.3 is 0 Å². The lowest BCUT2D eigenvalue weighted by Crippen LogP contribution is -2.15. The summed E-state index contributed by atoms with van der Waals surface area (Å²) in [6.45, 7) is 4.65. The van der Waals surface area contributed by atoms with Gasteiger partial charge in [-0.05, 0) is 49.2 Å². The van der Waals surface area contributed by atoms with E-state index in [-0.39, 0.29) is 5.91 Å². The van der Waals surface area contributed by atoms with Gasteiger partial charge < -0.3 is 10.6 Å². The highest BCUT2D eigenvalue weighted by molar-refractivity contribution is 6.08. The highest BCUT2D eigenvalue weighted by Crippen LogP contribution is 2.24. The Bertz CT molecular complexity index is 1180. The Kier molecular flexibility index (Phi) is 5.25. The summed E-state index contributed by atoms with van der Waals surface area (Å²) in [5, 5.41) is 7.44. The predicted octanol–water partition coefficient (Wildman–Crippen LogP) is 5.72. The fraction of sp³-hybridized carbons (Fsp3) is 0.120. The maximum atomic E-state index is 13.0. The highest BCUT2D eigenvalue weighted by atomic mass is 16.1. The summed E-state index contributed by atoms with van der Waals surface area (Å²) < 4.78 is 0. The zero-order chi connectivity index (χ0) is 20.2. The molecule has 0 spiro atoms. The molecule has 4 aromatic rings. The number of amides is 1. The van der Waals surface area contributed by atoms with E-state index in [1.807, 2.05) is 73.7 Å². The monoisotopic (exact) mass is 381 g/mol. The van der Waals surface area contributed by atoms with Gasteiger partial charge in [0.2, 0.25) is 0 Å². The van der Waals surface area contributed by atoms with Crippen molar-refractivity contribution in [2.75, 3.05) is 10.6 Å². The molecule has 0 bridgehead atoms. The van der Waals surface area contributed by atoms with E-state index in [0.29, 0.717) is 17.8 Å². The molecule has 1 heterocycles. The molecule has 0 fully saturated rings. The first-order valence-corrected chi connectivity index (χ1v) is 9.67. The number of hydrogen-bond acceptors (Lipinski definition) is 3. The van der Waals surface area contributed by atoms with Gasteiger partial charge in [0.05, 0.1) is 28.1 Å². The van der Waals surface area contributed by atoms with Crippen molar-refractivity contribution in [3.8, 4) is 0 Å². The van der Waals surface area contributed by atoms with Crippen LogP contribution in [0.2, 0.25) is 0 Å². The second-order valence-electron chi connectivity index (χ2n) is 7.09. The number of para-hydroxylation sites is 3. The van der Waals surface area contributed by atoms with E-state index >= 15 is 0 Å². The van der Waals surface area contributed by atoms with Gasteiger partial charge in [-0.25, -0.2) is 0 Å². The van der Waals surface area contributed by atoms with Crippen LogP contribution in [-0.2, 0) is 6.54 Å². The van der Waals surface area contributed by atoms with Gasteiger partial charge in [-0.3, -0.25) is 9.78 Å². The van der Waals surface area contributed by atoms with Crippen molar-refractivity contribution in [3.05, 3.63) is 101 Å². The van der Waals surface area contributed by atoms with Crippen LogP contribution in [0.15, 0.2) is 78.9 Å². The number of nitrogens with one attached hydrogen (secondary N) is 2. The molecule has 0 aliphatic carbocycles. The Labute approximate surface area is 170 Å². The van der Waals surface area contributed by atoms with Gasteiger partial charge in [0, 0.05) is 11.9 Å². The molecule has 1 amide bonds. The van der Waals surface area contributed by atoms with E-state index in [9.17, 15) is 4.79 Å². The number of carbonyl (C=O) groups excluding carboxylic acids is 1. The number of anilines is 2. The number of benzene rings is 3. The fourth-order valence-corrected chi connectivity index (χ4v) is 3.38. The SMILES string of the molecule is Cc1ccccc1CNc1ccccc1NC(=O)c1cc2ccccc2nc1C. The third-order valence-corrected chi connectivity index (χ3v) is 5.06. The summed E-state index contributed by atoms with van der Waals surface area (Å²) in [7, 11) is 0. The summed E-state index contributed by atoms with van der Waals surface area (Å²) in [6.07, 6.45) is 0. The number of fused-ring (bicyclic) bond motifs is 1. The summed E-state index contributed by atoms with van der Waals surface area (Å²) in [5.41, 5.74) is 6.28. The lowest BCUT2D eigenvalue weighted by molar-refractivity contribution is 0.102. The lowest BCUT2D eigenvalue weighted by Gasteiger charge is -2.15. The zero-order valence-electron chi connectivity index (χ0n) is 16.6. The van der Waals surface area contributed by atoms with Crippen molar-refractivity contribution in [2.24, 2.45) is 0 Å². The molecule has 0 unspecified atom stereocenters. The standard InChI is InChI=1S/C25H23N3O/c1-17-9-3-4-11-20(17)16-26-23-13-7-8-14-24(23)28-25(29)21-15-19-10-5-6-12-22(19)27-18(21)2/h3-15,26H,16H2,1-2H3,(H,28,29). The third-order valence-electron chi connectivity index (χ3n) is 5.06. The number of pyridine rings is 1. The molecule has 1 aromatic heterocycles. The predicted molar refractivity (Wildman–Crippen MR) is 119 cm³/mol. The Balaban J connectivity index is 1.56. The molecule has 0 aliphatic heterocycles. The van der Waals surface area contributed by atoms with Crippen LogP contribution in [0.25, 0.3) is 10.9 Å². The largest absolute Gasteiger partial charge is 0.379 e. The van der Waals surface area contributed by atoms with E-state index < -0.39 is 0 Å². The molecule has 4 heteroatoms. The summed E-state index contributed by atoms with van der Waals surface area (Å²) in [6, 6.07) is 25.7. The van der Waals surface area contributed by atoms with Crippen molar-refractivity contribution in [1.82, 2.24) is 4.98 Å². The first-order valence-electron chi connectivity index (χ1n) is 9.67. The number of aromatic nitrogens is 1. The number of aryl methyl sites for hydroxylation is 2. The molecule has 0 radical (unpaired) electrons. The van der Waals surface area contributed by atoms with Crippen LogP contribution >= 0.6 is 0 Å². The van der Waals surface area contributed by atoms with E-state index in [4.69, 9.17) is 0 Å². The van der Waals surface area contributed by atoms with Crippen molar-refractivity contribution >= 4 is 28.2 Å². The Hall–Kier alpha value is -3.66. The number of hydrogen-bond donors (Lipinski definition) is 2. The molecule has 0 saturated heterocycles.